The minimum atomic E-state index is -1.32. The monoisotopic (exact) mass is 276 g/mol. The maximum atomic E-state index is 9.88. The Balaban J connectivity index is 1.94. The zero-order chi connectivity index (χ0) is 13.8. The van der Waals surface area contributed by atoms with Gasteiger partial charge in [0, 0.05) is 5.92 Å². The Labute approximate surface area is 113 Å². The molecule has 0 aromatic carbocycles. The van der Waals surface area contributed by atoms with Gasteiger partial charge in [0.2, 0.25) is 0 Å². The summed E-state index contributed by atoms with van der Waals surface area (Å²) in [6.45, 7) is -0.482. The van der Waals surface area contributed by atoms with Crippen molar-refractivity contribution in [2.45, 2.75) is 62.8 Å². The fourth-order valence-electron chi connectivity index (χ4n) is 2.86. The lowest BCUT2D eigenvalue weighted by Crippen LogP contribution is -2.55. The molecule has 6 heteroatoms. The van der Waals surface area contributed by atoms with E-state index in [-0.39, 0.29) is 12.5 Å². The second kappa shape index (κ2) is 6.97. The Kier molecular flexibility index (Phi) is 5.56. The third-order valence-electron chi connectivity index (χ3n) is 4.05. The number of hydrogen-bond acceptors (Lipinski definition) is 6. The molecule has 2 aliphatic rings. The van der Waals surface area contributed by atoms with E-state index >= 15 is 0 Å². The van der Waals surface area contributed by atoms with Crippen molar-refractivity contribution in [1.29, 1.82) is 0 Å². The van der Waals surface area contributed by atoms with E-state index in [2.05, 4.69) is 0 Å². The van der Waals surface area contributed by atoms with Gasteiger partial charge in [0.25, 0.3) is 0 Å². The Morgan fingerprint density at radius 3 is 2.42 bits per heavy atom. The molecule has 2 rings (SSSR count). The van der Waals surface area contributed by atoms with E-state index in [0.717, 1.165) is 25.7 Å². The van der Waals surface area contributed by atoms with E-state index in [1.54, 1.807) is 0 Å². The summed E-state index contributed by atoms with van der Waals surface area (Å²) >= 11 is 0. The first-order valence-electron chi connectivity index (χ1n) is 7.05. The Bertz CT molecular complexity index is 268. The lowest BCUT2D eigenvalue weighted by molar-refractivity contribution is -0.297. The molecule has 1 saturated heterocycles. The van der Waals surface area contributed by atoms with Crippen LogP contribution >= 0.6 is 0 Å². The summed E-state index contributed by atoms with van der Waals surface area (Å²) in [6.07, 6.45) is 0.582. The maximum Gasteiger partial charge on any atom is 0.161 e. The third kappa shape index (κ3) is 3.65. The topological polar surface area (TPSA) is 99.4 Å². The van der Waals surface area contributed by atoms with Gasteiger partial charge in [-0.2, -0.15) is 0 Å². The summed E-state index contributed by atoms with van der Waals surface area (Å²) in [7, 11) is 0. The molecule has 0 bridgehead atoms. The molecule has 6 nitrogen and oxygen atoms in total. The normalized spacial score (nSPS) is 36.9. The first kappa shape index (κ1) is 15.2. The zero-order valence-electron chi connectivity index (χ0n) is 11.0. The van der Waals surface area contributed by atoms with Gasteiger partial charge in [-0.1, -0.05) is 19.3 Å². The van der Waals surface area contributed by atoms with Gasteiger partial charge in [0.1, 0.15) is 24.4 Å². The van der Waals surface area contributed by atoms with Crippen molar-refractivity contribution in [3.05, 3.63) is 0 Å². The fourth-order valence-corrected chi connectivity index (χ4v) is 2.86. The number of ether oxygens (including phenoxy) is 2. The Morgan fingerprint density at radius 2 is 1.79 bits per heavy atom. The number of rotatable bonds is 4. The summed E-state index contributed by atoms with van der Waals surface area (Å²) in [5, 5.41) is 38.0. The lowest BCUT2D eigenvalue weighted by atomic mass is 9.88. The van der Waals surface area contributed by atoms with Crippen LogP contribution in [0.4, 0.5) is 0 Å². The van der Waals surface area contributed by atoms with Crippen LogP contribution in [-0.2, 0) is 9.47 Å². The first-order chi connectivity index (χ1) is 9.13. The lowest BCUT2D eigenvalue weighted by Gasteiger charge is -2.41. The van der Waals surface area contributed by atoms with Crippen LogP contribution in [0.15, 0.2) is 0 Å². The molecular formula is C13H24O6. The second-order valence-electron chi connectivity index (χ2n) is 5.51. The number of aliphatic hydroxyl groups is 4. The molecule has 112 valence electrons. The van der Waals surface area contributed by atoms with E-state index < -0.39 is 37.3 Å². The number of aliphatic hydroxyl groups excluding tert-OH is 4. The Hall–Kier alpha value is -0.240. The van der Waals surface area contributed by atoms with Crippen molar-refractivity contribution in [2.24, 2.45) is 5.92 Å². The molecule has 1 heterocycles. The van der Waals surface area contributed by atoms with Gasteiger partial charge < -0.3 is 29.9 Å². The van der Waals surface area contributed by atoms with Crippen molar-refractivity contribution >= 4 is 0 Å². The Morgan fingerprint density at radius 1 is 1.11 bits per heavy atom. The van der Waals surface area contributed by atoms with Crippen molar-refractivity contribution in [2.75, 3.05) is 13.2 Å². The molecule has 1 aliphatic heterocycles. The van der Waals surface area contributed by atoms with Gasteiger partial charge >= 0.3 is 0 Å². The highest BCUT2D eigenvalue weighted by Gasteiger charge is 2.41. The smallest absolute Gasteiger partial charge is 0.161 e. The highest BCUT2D eigenvalue weighted by Crippen LogP contribution is 2.32. The maximum absolute atomic E-state index is 9.88. The highest BCUT2D eigenvalue weighted by atomic mass is 16.7. The summed E-state index contributed by atoms with van der Waals surface area (Å²) < 4.78 is 11.1. The molecule has 0 amide bonds. The van der Waals surface area contributed by atoms with Gasteiger partial charge in [-0.25, -0.2) is 0 Å². The van der Waals surface area contributed by atoms with Gasteiger partial charge in [0.05, 0.1) is 13.2 Å². The van der Waals surface area contributed by atoms with Crippen LogP contribution in [0.3, 0.4) is 0 Å². The minimum absolute atomic E-state index is 0.0844. The predicted molar refractivity (Wildman–Crippen MR) is 66.3 cm³/mol. The van der Waals surface area contributed by atoms with E-state index in [1.165, 1.54) is 6.42 Å². The second-order valence-corrected chi connectivity index (χ2v) is 5.51. The highest BCUT2D eigenvalue weighted by molar-refractivity contribution is 4.86. The van der Waals surface area contributed by atoms with Crippen LogP contribution in [0, 0.1) is 5.92 Å². The fraction of sp³-hybridized carbons (Fsp3) is 1.00. The van der Waals surface area contributed by atoms with Crippen LogP contribution in [-0.4, -0.2) is 64.3 Å². The van der Waals surface area contributed by atoms with Crippen LogP contribution in [0.2, 0.25) is 0 Å². The zero-order valence-corrected chi connectivity index (χ0v) is 11.0. The van der Waals surface area contributed by atoms with E-state index in [1.807, 2.05) is 0 Å². The molecule has 1 saturated carbocycles. The quantitative estimate of drug-likeness (QED) is 0.546. The van der Waals surface area contributed by atoms with Crippen molar-refractivity contribution in [3.8, 4) is 0 Å². The molecule has 0 spiro atoms. The molecule has 5 atom stereocenters. The van der Waals surface area contributed by atoms with Crippen molar-refractivity contribution in [1.82, 2.24) is 0 Å². The van der Waals surface area contributed by atoms with Gasteiger partial charge in [0.15, 0.2) is 6.29 Å². The molecule has 0 aromatic rings. The first-order valence-corrected chi connectivity index (χ1v) is 7.05. The van der Waals surface area contributed by atoms with Crippen LogP contribution < -0.4 is 0 Å². The average molecular weight is 276 g/mol. The molecular weight excluding hydrogens is 252 g/mol. The van der Waals surface area contributed by atoms with Crippen LogP contribution in [0.25, 0.3) is 0 Å². The standard InChI is InChI=1S/C13H24O6/c14-6-9(15)11(17)12-10(16)7-18-13(19-12)8-4-2-1-3-5-8/h8-17H,1-7H2. The van der Waals surface area contributed by atoms with Gasteiger partial charge in [-0.05, 0) is 12.8 Å². The van der Waals surface area contributed by atoms with Crippen molar-refractivity contribution < 1.29 is 29.9 Å². The molecule has 19 heavy (non-hydrogen) atoms. The summed E-state index contributed by atoms with van der Waals surface area (Å²) in [5.74, 6) is 0.280. The van der Waals surface area contributed by atoms with Gasteiger partial charge in [-0.3, -0.25) is 0 Å². The molecule has 1 aliphatic carbocycles. The molecule has 2 fully saturated rings. The van der Waals surface area contributed by atoms with Crippen molar-refractivity contribution in [3.63, 3.8) is 0 Å². The van der Waals surface area contributed by atoms with E-state index in [9.17, 15) is 15.3 Å². The molecule has 0 radical (unpaired) electrons. The minimum Gasteiger partial charge on any atom is -0.394 e. The third-order valence-corrected chi connectivity index (χ3v) is 4.05. The van der Waals surface area contributed by atoms with Crippen LogP contribution in [0.1, 0.15) is 32.1 Å². The summed E-state index contributed by atoms with van der Waals surface area (Å²) in [6, 6.07) is 0. The summed E-state index contributed by atoms with van der Waals surface area (Å²) in [5.41, 5.74) is 0. The average Bonchev–Trinajstić information content (AvgIpc) is 2.47. The SMILES string of the molecule is OCC(O)C(O)C1OC(C2CCCCC2)OCC1O. The predicted octanol–water partition coefficient (Wildman–Crippen LogP) is -0.617. The largest absolute Gasteiger partial charge is 0.394 e. The molecule has 4 N–H and O–H groups in total. The number of hydrogen-bond donors (Lipinski definition) is 4. The van der Waals surface area contributed by atoms with Crippen LogP contribution in [0.5, 0.6) is 0 Å². The van der Waals surface area contributed by atoms with Gasteiger partial charge in [-0.15, -0.1) is 0 Å². The summed E-state index contributed by atoms with van der Waals surface area (Å²) in [4.78, 5) is 0. The molecule has 0 aromatic heterocycles. The molecule has 5 unspecified atom stereocenters. The van der Waals surface area contributed by atoms with E-state index in [4.69, 9.17) is 14.6 Å². The van der Waals surface area contributed by atoms with E-state index in [0.29, 0.717) is 0 Å².